The molecule has 1 atom stereocenters. The summed E-state index contributed by atoms with van der Waals surface area (Å²) in [5.74, 6) is 0.955. The van der Waals surface area contributed by atoms with E-state index in [0.29, 0.717) is 11.6 Å². The lowest BCUT2D eigenvalue weighted by Crippen LogP contribution is -2.34. The minimum absolute atomic E-state index is 0.0708. The Labute approximate surface area is 161 Å². The summed E-state index contributed by atoms with van der Waals surface area (Å²) < 4.78 is 2.74. The van der Waals surface area contributed by atoms with E-state index >= 15 is 0 Å². The van der Waals surface area contributed by atoms with Crippen LogP contribution in [0.15, 0.2) is 34.8 Å². The van der Waals surface area contributed by atoms with E-state index in [1.54, 1.807) is 4.52 Å². The van der Waals surface area contributed by atoms with Crippen molar-refractivity contribution in [2.75, 3.05) is 0 Å². The maximum Gasteiger partial charge on any atom is 0.252 e. The Balaban J connectivity index is 1.54. The SMILES string of the molecule is Cc1cc(C)n2nc(CC(=O)NC(C)CCc3ccc(Br)cc3)nc2n1. The highest BCUT2D eigenvalue weighted by molar-refractivity contribution is 9.10. The van der Waals surface area contributed by atoms with E-state index < -0.39 is 0 Å². The number of aromatic nitrogens is 4. The van der Waals surface area contributed by atoms with Crippen molar-refractivity contribution in [2.45, 2.75) is 46.1 Å². The monoisotopic (exact) mass is 415 g/mol. The van der Waals surface area contributed by atoms with Crippen molar-refractivity contribution in [1.29, 1.82) is 0 Å². The third-order valence-corrected chi connectivity index (χ3v) is 4.70. The van der Waals surface area contributed by atoms with Gasteiger partial charge in [-0.3, -0.25) is 4.79 Å². The van der Waals surface area contributed by atoms with Gasteiger partial charge in [0.15, 0.2) is 5.82 Å². The number of aryl methyl sites for hydroxylation is 3. The Morgan fingerprint density at radius 2 is 1.96 bits per heavy atom. The number of hydrogen-bond acceptors (Lipinski definition) is 4. The van der Waals surface area contributed by atoms with Crippen LogP contribution in [0.1, 0.15) is 36.1 Å². The minimum atomic E-state index is -0.0708. The quantitative estimate of drug-likeness (QED) is 0.670. The van der Waals surface area contributed by atoms with E-state index in [4.69, 9.17) is 0 Å². The molecular weight excluding hydrogens is 394 g/mol. The number of nitrogens with zero attached hydrogens (tertiary/aromatic N) is 4. The van der Waals surface area contributed by atoms with E-state index in [0.717, 1.165) is 28.7 Å². The molecular formula is C19H22BrN5O. The van der Waals surface area contributed by atoms with E-state index in [2.05, 4.69) is 48.4 Å². The van der Waals surface area contributed by atoms with Gasteiger partial charge in [-0.2, -0.15) is 4.98 Å². The van der Waals surface area contributed by atoms with Gasteiger partial charge in [0.05, 0.1) is 6.42 Å². The fourth-order valence-electron chi connectivity index (χ4n) is 2.86. The highest BCUT2D eigenvalue weighted by atomic mass is 79.9. The summed E-state index contributed by atoms with van der Waals surface area (Å²) in [5.41, 5.74) is 3.10. The molecule has 3 rings (SSSR count). The average Bonchev–Trinajstić information content (AvgIpc) is 2.96. The zero-order chi connectivity index (χ0) is 18.7. The number of carbonyl (C=O) groups is 1. The van der Waals surface area contributed by atoms with E-state index in [1.165, 1.54) is 5.56 Å². The molecule has 0 radical (unpaired) electrons. The third-order valence-electron chi connectivity index (χ3n) is 4.17. The van der Waals surface area contributed by atoms with E-state index in [9.17, 15) is 4.79 Å². The van der Waals surface area contributed by atoms with Gasteiger partial charge in [0.2, 0.25) is 5.91 Å². The first kappa shape index (κ1) is 18.5. The van der Waals surface area contributed by atoms with Gasteiger partial charge in [0.1, 0.15) is 0 Å². The first-order valence-electron chi connectivity index (χ1n) is 8.64. The van der Waals surface area contributed by atoms with Gasteiger partial charge in [-0.15, -0.1) is 5.10 Å². The van der Waals surface area contributed by atoms with Gasteiger partial charge < -0.3 is 5.32 Å². The summed E-state index contributed by atoms with van der Waals surface area (Å²) >= 11 is 3.44. The summed E-state index contributed by atoms with van der Waals surface area (Å²) in [7, 11) is 0. The smallest absolute Gasteiger partial charge is 0.252 e. The highest BCUT2D eigenvalue weighted by Crippen LogP contribution is 2.12. The predicted octanol–water partition coefficient (Wildman–Crippen LogP) is 3.18. The van der Waals surface area contributed by atoms with Crippen LogP contribution in [0.2, 0.25) is 0 Å². The summed E-state index contributed by atoms with van der Waals surface area (Å²) in [6.07, 6.45) is 1.96. The number of benzene rings is 1. The number of rotatable bonds is 6. The second-order valence-corrected chi connectivity index (χ2v) is 7.50. The molecule has 6 nitrogen and oxygen atoms in total. The van der Waals surface area contributed by atoms with Crippen LogP contribution in [0.4, 0.5) is 0 Å². The van der Waals surface area contributed by atoms with Gasteiger partial charge in [-0.25, -0.2) is 9.50 Å². The fourth-order valence-corrected chi connectivity index (χ4v) is 3.12. The number of amides is 1. The second-order valence-electron chi connectivity index (χ2n) is 6.59. The molecule has 0 saturated heterocycles. The maximum atomic E-state index is 12.3. The average molecular weight is 416 g/mol. The van der Waals surface area contributed by atoms with E-state index in [-0.39, 0.29) is 18.4 Å². The van der Waals surface area contributed by atoms with Crippen molar-refractivity contribution < 1.29 is 4.79 Å². The van der Waals surface area contributed by atoms with Gasteiger partial charge in [0.25, 0.3) is 5.78 Å². The molecule has 2 heterocycles. The second kappa shape index (κ2) is 7.95. The molecule has 0 bridgehead atoms. The molecule has 136 valence electrons. The van der Waals surface area contributed by atoms with E-state index in [1.807, 2.05) is 39.0 Å². The fraction of sp³-hybridized carbons (Fsp3) is 0.368. The van der Waals surface area contributed by atoms with Crippen LogP contribution in [0.3, 0.4) is 0 Å². The Hall–Kier alpha value is -2.28. The molecule has 3 aromatic rings. The molecule has 0 aliphatic carbocycles. The number of halogens is 1. The van der Waals surface area contributed by atoms with Crippen LogP contribution < -0.4 is 5.32 Å². The lowest BCUT2D eigenvalue weighted by Gasteiger charge is -2.13. The van der Waals surface area contributed by atoms with Crippen molar-refractivity contribution in [1.82, 2.24) is 24.9 Å². The minimum Gasteiger partial charge on any atom is -0.353 e. The van der Waals surface area contributed by atoms with Crippen LogP contribution >= 0.6 is 15.9 Å². The van der Waals surface area contributed by atoms with Crippen LogP contribution in [0, 0.1) is 13.8 Å². The van der Waals surface area contributed by atoms with Gasteiger partial charge in [-0.1, -0.05) is 28.1 Å². The van der Waals surface area contributed by atoms with Crippen LogP contribution in [-0.2, 0) is 17.6 Å². The Kier molecular flexibility index (Phi) is 5.66. The van der Waals surface area contributed by atoms with Crippen molar-refractivity contribution in [3.05, 3.63) is 57.6 Å². The standard InChI is InChI=1S/C19H22BrN5O/c1-12(4-5-15-6-8-16(20)9-7-15)21-18(26)11-17-23-19-22-13(2)10-14(3)25(19)24-17/h6-10,12H,4-5,11H2,1-3H3,(H,21,26). The third kappa shape index (κ3) is 4.66. The first-order chi connectivity index (χ1) is 12.4. The molecule has 1 N–H and O–H groups in total. The summed E-state index contributed by atoms with van der Waals surface area (Å²) in [6.45, 7) is 5.88. The van der Waals surface area contributed by atoms with Gasteiger partial charge >= 0.3 is 0 Å². The van der Waals surface area contributed by atoms with Crippen LogP contribution in [-0.4, -0.2) is 31.5 Å². The van der Waals surface area contributed by atoms with Crippen molar-refractivity contribution >= 4 is 27.6 Å². The molecule has 0 aliphatic rings. The highest BCUT2D eigenvalue weighted by Gasteiger charge is 2.13. The predicted molar refractivity (Wildman–Crippen MR) is 104 cm³/mol. The van der Waals surface area contributed by atoms with Crippen LogP contribution in [0.5, 0.6) is 0 Å². The number of hydrogen-bond donors (Lipinski definition) is 1. The zero-order valence-corrected chi connectivity index (χ0v) is 16.7. The molecule has 1 unspecified atom stereocenters. The van der Waals surface area contributed by atoms with Gasteiger partial charge in [0, 0.05) is 21.9 Å². The normalized spacial score (nSPS) is 12.3. The molecule has 2 aromatic heterocycles. The molecule has 1 amide bonds. The summed E-state index contributed by atoms with van der Waals surface area (Å²) in [5, 5.41) is 7.40. The number of carbonyl (C=O) groups excluding carboxylic acids is 1. The summed E-state index contributed by atoms with van der Waals surface area (Å²) in [4.78, 5) is 21.0. The molecule has 7 heteroatoms. The largest absolute Gasteiger partial charge is 0.353 e. The number of fused-ring (bicyclic) bond motifs is 1. The molecule has 0 saturated carbocycles. The molecule has 26 heavy (non-hydrogen) atoms. The Morgan fingerprint density at radius 3 is 2.69 bits per heavy atom. The zero-order valence-electron chi connectivity index (χ0n) is 15.2. The van der Waals surface area contributed by atoms with Crippen molar-refractivity contribution in [3.63, 3.8) is 0 Å². The molecule has 1 aromatic carbocycles. The Bertz CT molecular complexity index is 920. The van der Waals surface area contributed by atoms with Crippen LogP contribution in [0.25, 0.3) is 5.78 Å². The molecule has 0 fully saturated rings. The van der Waals surface area contributed by atoms with Gasteiger partial charge in [-0.05, 0) is 57.4 Å². The summed E-state index contributed by atoms with van der Waals surface area (Å²) in [6, 6.07) is 10.3. The number of nitrogens with one attached hydrogen (secondary N) is 1. The van der Waals surface area contributed by atoms with Crippen molar-refractivity contribution in [2.24, 2.45) is 0 Å². The first-order valence-corrected chi connectivity index (χ1v) is 9.44. The van der Waals surface area contributed by atoms with Crippen molar-refractivity contribution in [3.8, 4) is 0 Å². The topological polar surface area (TPSA) is 72.2 Å². The lowest BCUT2D eigenvalue weighted by atomic mass is 10.1. The lowest BCUT2D eigenvalue weighted by molar-refractivity contribution is -0.121. The Morgan fingerprint density at radius 1 is 1.23 bits per heavy atom. The molecule has 0 spiro atoms. The molecule has 0 aliphatic heterocycles. The maximum absolute atomic E-state index is 12.3.